The molecule has 3 N–H and O–H groups in total. The van der Waals surface area contributed by atoms with Crippen molar-refractivity contribution >= 4 is 11.6 Å². The Labute approximate surface area is 109 Å². The zero-order chi connectivity index (χ0) is 13.8. The maximum absolute atomic E-state index is 11.7. The summed E-state index contributed by atoms with van der Waals surface area (Å²) in [5.74, 6) is -0.353. The van der Waals surface area contributed by atoms with Crippen LogP contribution >= 0.6 is 0 Å². The Morgan fingerprint density at radius 1 is 1.33 bits per heavy atom. The first kappa shape index (κ1) is 14.5. The second-order valence-electron chi connectivity index (χ2n) is 4.86. The van der Waals surface area contributed by atoms with E-state index in [1.807, 2.05) is 50.2 Å². The third-order valence-electron chi connectivity index (χ3n) is 3.18. The Bertz CT molecular complexity index is 400. The molecule has 1 atom stereocenters. The lowest BCUT2D eigenvalue weighted by Gasteiger charge is -2.28. The monoisotopic (exact) mass is 249 g/mol. The number of carbonyl (C=O) groups is 1. The highest BCUT2D eigenvalue weighted by Crippen LogP contribution is 2.23. The van der Waals surface area contributed by atoms with Crippen LogP contribution in [-0.4, -0.2) is 26.5 Å². The first-order chi connectivity index (χ1) is 8.41. The van der Waals surface area contributed by atoms with Gasteiger partial charge in [-0.2, -0.15) is 0 Å². The number of hydrogen-bond acceptors (Lipinski definition) is 3. The maximum Gasteiger partial charge on any atom is 0.242 e. The standard InChI is InChI=1S/C14H23N3O/c1-5-10-16-14(2,13(15)18)11-6-8-12(9-7-11)17(3)4/h6-9,16H,5,10H2,1-4H3,(H2,15,18). The van der Waals surface area contributed by atoms with E-state index in [-0.39, 0.29) is 5.91 Å². The van der Waals surface area contributed by atoms with E-state index in [1.54, 1.807) is 0 Å². The number of hydrogen-bond donors (Lipinski definition) is 2. The van der Waals surface area contributed by atoms with E-state index >= 15 is 0 Å². The van der Waals surface area contributed by atoms with Crippen LogP contribution in [0, 0.1) is 0 Å². The summed E-state index contributed by atoms with van der Waals surface area (Å²) >= 11 is 0. The molecule has 0 aromatic heterocycles. The molecule has 0 heterocycles. The van der Waals surface area contributed by atoms with Gasteiger partial charge in [-0.05, 0) is 37.6 Å². The molecule has 0 spiro atoms. The summed E-state index contributed by atoms with van der Waals surface area (Å²) < 4.78 is 0. The molecule has 1 aromatic carbocycles. The summed E-state index contributed by atoms with van der Waals surface area (Å²) in [5, 5.41) is 3.22. The Morgan fingerprint density at radius 2 is 1.89 bits per heavy atom. The summed E-state index contributed by atoms with van der Waals surface area (Å²) in [6.45, 7) is 4.65. The van der Waals surface area contributed by atoms with Gasteiger partial charge < -0.3 is 10.6 Å². The van der Waals surface area contributed by atoms with Crippen LogP contribution < -0.4 is 16.0 Å². The van der Waals surface area contributed by atoms with E-state index in [0.717, 1.165) is 24.2 Å². The van der Waals surface area contributed by atoms with Gasteiger partial charge in [-0.15, -0.1) is 0 Å². The second-order valence-corrected chi connectivity index (χ2v) is 4.86. The molecule has 0 aliphatic carbocycles. The van der Waals surface area contributed by atoms with E-state index in [0.29, 0.717) is 0 Å². The average molecular weight is 249 g/mol. The molecule has 1 amide bonds. The van der Waals surface area contributed by atoms with E-state index in [1.165, 1.54) is 0 Å². The van der Waals surface area contributed by atoms with Crippen LogP contribution in [0.5, 0.6) is 0 Å². The lowest BCUT2D eigenvalue weighted by atomic mass is 9.91. The number of rotatable bonds is 6. The van der Waals surface area contributed by atoms with Crippen LogP contribution in [0.3, 0.4) is 0 Å². The molecule has 0 radical (unpaired) electrons. The first-order valence-corrected chi connectivity index (χ1v) is 6.24. The molecule has 0 saturated heterocycles. The predicted octanol–water partition coefficient (Wildman–Crippen LogP) is 1.45. The molecule has 0 saturated carbocycles. The average Bonchev–Trinajstić information content (AvgIpc) is 2.35. The zero-order valence-corrected chi connectivity index (χ0v) is 11.7. The minimum Gasteiger partial charge on any atom is -0.378 e. The summed E-state index contributed by atoms with van der Waals surface area (Å²) in [5.41, 5.74) is 6.72. The fourth-order valence-corrected chi connectivity index (χ4v) is 1.80. The van der Waals surface area contributed by atoms with Crippen LogP contribution in [0.25, 0.3) is 0 Å². The van der Waals surface area contributed by atoms with Gasteiger partial charge in [-0.25, -0.2) is 0 Å². The minimum absolute atomic E-state index is 0.353. The van der Waals surface area contributed by atoms with Crippen LogP contribution in [-0.2, 0) is 10.3 Å². The number of benzene rings is 1. The molecule has 0 aliphatic heterocycles. The highest BCUT2D eigenvalue weighted by molar-refractivity contribution is 5.85. The molecule has 0 fully saturated rings. The van der Waals surface area contributed by atoms with Crippen LogP contribution in [0.2, 0.25) is 0 Å². The quantitative estimate of drug-likeness (QED) is 0.802. The predicted molar refractivity (Wildman–Crippen MR) is 75.6 cm³/mol. The van der Waals surface area contributed by atoms with Crippen molar-refractivity contribution in [3.05, 3.63) is 29.8 Å². The summed E-state index contributed by atoms with van der Waals surface area (Å²) in [4.78, 5) is 13.7. The highest BCUT2D eigenvalue weighted by atomic mass is 16.1. The minimum atomic E-state index is -0.805. The van der Waals surface area contributed by atoms with Gasteiger partial charge in [0.05, 0.1) is 0 Å². The van der Waals surface area contributed by atoms with Crippen molar-refractivity contribution in [1.82, 2.24) is 5.32 Å². The number of primary amides is 1. The van der Waals surface area contributed by atoms with Crippen LogP contribution in [0.15, 0.2) is 24.3 Å². The first-order valence-electron chi connectivity index (χ1n) is 6.24. The third-order valence-corrected chi connectivity index (χ3v) is 3.18. The lowest BCUT2D eigenvalue weighted by Crippen LogP contribution is -2.50. The number of nitrogens with one attached hydrogen (secondary N) is 1. The van der Waals surface area contributed by atoms with Crippen molar-refractivity contribution < 1.29 is 4.79 Å². The van der Waals surface area contributed by atoms with Gasteiger partial charge in [0, 0.05) is 19.8 Å². The Kier molecular flexibility index (Phi) is 4.73. The summed E-state index contributed by atoms with van der Waals surface area (Å²) in [7, 11) is 3.97. The molecule has 1 unspecified atom stereocenters. The number of amides is 1. The second kappa shape index (κ2) is 5.87. The van der Waals surface area contributed by atoms with Gasteiger partial charge in [-0.1, -0.05) is 19.1 Å². The van der Waals surface area contributed by atoms with E-state index in [4.69, 9.17) is 5.73 Å². The fourth-order valence-electron chi connectivity index (χ4n) is 1.80. The van der Waals surface area contributed by atoms with E-state index in [9.17, 15) is 4.79 Å². The van der Waals surface area contributed by atoms with Gasteiger partial charge in [-0.3, -0.25) is 10.1 Å². The summed E-state index contributed by atoms with van der Waals surface area (Å²) in [6, 6.07) is 7.87. The van der Waals surface area contributed by atoms with Crippen molar-refractivity contribution in [1.29, 1.82) is 0 Å². The Balaban J connectivity index is 3.02. The van der Waals surface area contributed by atoms with Crippen molar-refractivity contribution in [2.45, 2.75) is 25.8 Å². The molecule has 1 rings (SSSR count). The van der Waals surface area contributed by atoms with Crippen LogP contribution in [0.4, 0.5) is 5.69 Å². The smallest absolute Gasteiger partial charge is 0.242 e. The molecular formula is C14H23N3O. The maximum atomic E-state index is 11.7. The Hall–Kier alpha value is -1.55. The fraction of sp³-hybridized carbons (Fsp3) is 0.500. The van der Waals surface area contributed by atoms with Crippen molar-refractivity contribution in [3.63, 3.8) is 0 Å². The topological polar surface area (TPSA) is 58.4 Å². The van der Waals surface area contributed by atoms with Gasteiger partial charge in [0.2, 0.25) is 5.91 Å². The number of nitrogens with zero attached hydrogens (tertiary/aromatic N) is 1. The molecule has 0 aliphatic rings. The normalized spacial score (nSPS) is 14.0. The highest BCUT2D eigenvalue weighted by Gasteiger charge is 2.32. The lowest BCUT2D eigenvalue weighted by molar-refractivity contribution is -0.124. The van der Waals surface area contributed by atoms with Crippen molar-refractivity contribution in [2.24, 2.45) is 5.73 Å². The number of anilines is 1. The largest absolute Gasteiger partial charge is 0.378 e. The van der Waals surface area contributed by atoms with Gasteiger partial charge in [0.15, 0.2) is 0 Å². The van der Waals surface area contributed by atoms with E-state index < -0.39 is 5.54 Å². The molecule has 100 valence electrons. The zero-order valence-electron chi connectivity index (χ0n) is 11.7. The molecule has 4 heteroatoms. The summed E-state index contributed by atoms with van der Waals surface area (Å²) in [6.07, 6.45) is 0.957. The Morgan fingerprint density at radius 3 is 2.28 bits per heavy atom. The van der Waals surface area contributed by atoms with Gasteiger partial charge in [0.1, 0.15) is 5.54 Å². The van der Waals surface area contributed by atoms with Gasteiger partial charge >= 0.3 is 0 Å². The molecule has 1 aromatic rings. The van der Waals surface area contributed by atoms with Crippen LogP contribution in [0.1, 0.15) is 25.8 Å². The third kappa shape index (κ3) is 3.01. The molecular weight excluding hydrogens is 226 g/mol. The van der Waals surface area contributed by atoms with E-state index in [2.05, 4.69) is 12.2 Å². The molecule has 18 heavy (non-hydrogen) atoms. The number of nitrogens with two attached hydrogens (primary N) is 1. The molecule has 0 bridgehead atoms. The van der Waals surface area contributed by atoms with Crippen molar-refractivity contribution in [3.8, 4) is 0 Å². The molecule has 4 nitrogen and oxygen atoms in total. The van der Waals surface area contributed by atoms with Crippen molar-refractivity contribution in [2.75, 3.05) is 25.5 Å². The van der Waals surface area contributed by atoms with Gasteiger partial charge in [0.25, 0.3) is 0 Å². The number of carbonyl (C=O) groups excluding carboxylic acids is 1. The SMILES string of the molecule is CCCNC(C)(C(N)=O)c1ccc(N(C)C)cc1.